The standard InChI is InChI=1S/C19H18N2O2S/c1-13(22)21-10-4-5-14-11-15(8-9-17(14)21)23-12-19-20-16-6-2-3-7-18(16)24-19/h2-3,6-9,11H,4-5,10,12H2,1H3. The van der Waals surface area contributed by atoms with Gasteiger partial charge in [-0.25, -0.2) is 4.98 Å². The molecule has 1 aromatic heterocycles. The van der Waals surface area contributed by atoms with Crippen molar-refractivity contribution in [1.29, 1.82) is 0 Å². The zero-order valence-electron chi connectivity index (χ0n) is 13.5. The van der Waals surface area contributed by atoms with Gasteiger partial charge >= 0.3 is 0 Å². The van der Waals surface area contributed by atoms with Crippen LogP contribution in [-0.4, -0.2) is 17.4 Å². The molecule has 0 radical (unpaired) electrons. The van der Waals surface area contributed by atoms with Crippen LogP contribution >= 0.6 is 11.3 Å². The van der Waals surface area contributed by atoms with Crippen LogP contribution in [-0.2, 0) is 17.8 Å². The van der Waals surface area contributed by atoms with Crippen molar-refractivity contribution >= 4 is 33.1 Å². The number of ether oxygens (including phenoxy) is 1. The molecule has 1 aliphatic rings. The van der Waals surface area contributed by atoms with E-state index in [9.17, 15) is 4.79 Å². The number of thiazole rings is 1. The number of aromatic nitrogens is 1. The van der Waals surface area contributed by atoms with Crippen LogP contribution in [0.25, 0.3) is 10.2 Å². The van der Waals surface area contributed by atoms with Crippen molar-refractivity contribution in [2.24, 2.45) is 0 Å². The van der Waals surface area contributed by atoms with E-state index in [1.54, 1.807) is 18.3 Å². The van der Waals surface area contributed by atoms with Crippen molar-refractivity contribution in [3.05, 3.63) is 53.0 Å². The summed E-state index contributed by atoms with van der Waals surface area (Å²) in [5.74, 6) is 0.928. The predicted molar refractivity (Wildman–Crippen MR) is 96.7 cm³/mol. The van der Waals surface area contributed by atoms with Gasteiger partial charge in [-0.3, -0.25) is 4.79 Å². The largest absolute Gasteiger partial charge is 0.486 e. The molecular weight excluding hydrogens is 320 g/mol. The van der Waals surface area contributed by atoms with E-state index in [0.717, 1.165) is 41.3 Å². The lowest BCUT2D eigenvalue weighted by atomic mass is 10.0. The molecule has 0 unspecified atom stereocenters. The number of amides is 1. The summed E-state index contributed by atoms with van der Waals surface area (Å²) in [4.78, 5) is 18.2. The van der Waals surface area contributed by atoms with E-state index < -0.39 is 0 Å². The summed E-state index contributed by atoms with van der Waals surface area (Å²) in [5, 5.41) is 0.972. The second-order valence-electron chi connectivity index (χ2n) is 5.93. The second-order valence-corrected chi connectivity index (χ2v) is 7.04. The van der Waals surface area contributed by atoms with Gasteiger partial charge in [-0.05, 0) is 48.7 Å². The molecule has 2 aromatic carbocycles. The summed E-state index contributed by atoms with van der Waals surface area (Å²) < 4.78 is 7.11. The SMILES string of the molecule is CC(=O)N1CCCc2cc(OCc3nc4ccccc4s3)ccc21. The molecule has 5 heteroatoms. The summed E-state index contributed by atoms with van der Waals surface area (Å²) in [7, 11) is 0. The van der Waals surface area contributed by atoms with Gasteiger partial charge in [0.1, 0.15) is 17.4 Å². The Morgan fingerprint density at radius 3 is 3.00 bits per heavy atom. The molecule has 0 saturated heterocycles. The highest BCUT2D eigenvalue weighted by Gasteiger charge is 2.20. The van der Waals surface area contributed by atoms with Crippen LogP contribution in [0.5, 0.6) is 5.75 Å². The molecule has 1 aliphatic heterocycles. The van der Waals surface area contributed by atoms with Gasteiger partial charge in [-0.15, -0.1) is 11.3 Å². The number of hydrogen-bond acceptors (Lipinski definition) is 4. The van der Waals surface area contributed by atoms with Gasteiger partial charge in [0.15, 0.2) is 0 Å². The topological polar surface area (TPSA) is 42.4 Å². The van der Waals surface area contributed by atoms with E-state index >= 15 is 0 Å². The molecular formula is C19H18N2O2S. The molecule has 24 heavy (non-hydrogen) atoms. The van der Waals surface area contributed by atoms with Crippen LogP contribution in [0.15, 0.2) is 42.5 Å². The molecule has 0 N–H and O–H groups in total. The first-order valence-electron chi connectivity index (χ1n) is 8.09. The van der Waals surface area contributed by atoms with E-state index in [0.29, 0.717) is 6.61 Å². The first kappa shape index (κ1) is 15.1. The maximum absolute atomic E-state index is 11.7. The molecule has 4 rings (SSSR count). The fraction of sp³-hybridized carbons (Fsp3) is 0.263. The lowest BCUT2D eigenvalue weighted by molar-refractivity contribution is -0.116. The number of aryl methyl sites for hydroxylation is 1. The van der Waals surface area contributed by atoms with Crippen LogP contribution in [0.2, 0.25) is 0 Å². The first-order valence-corrected chi connectivity index (χ1v) is 8.90. The third-order valence-corrected chi connectivity index (χ3v) is 5.26. The van der Waals surface area contributed by atoms with E-state index in [2.05, 4.69) is 17.1 Å². The van der Waals surface area contributed by atoms with Crippen molar-refractivity contribution in [2.45, 2.75) is 26.4 Å². The summed E-state index contributed by atoms with van der Waals surface area (Å²) in [5.41, 5.74) is 3.21. The van der Waals surface area contributed by atoms with Crippen molar-refractivity contribution < 1.29 is 9.53 Å². The maximum Gasteiger partial charge on any atom is 0.223 e. The lowest BCUT2D eigenvalue weighted by Crippen LogP contribution is -2.33. The number of nitrogens with zero attached hydrogens (tertiary/aromatic N) is 2. The Morgan fingerprint density at radius 2 is 2.17 bits per heavy atom. The van der Waals surface area contributed by atoms with Gasteiger partial charge in [0.25, 0.3) is 0 Å². The van der Waals surface area contributed by atoms with Gasteiger partial charge in [0.2, 0.25) is 5.91 Å². The molecule has 0 fully saturated rings. The van der Waals surface area contributed by atoms with Crippen LogP contribution in [0.1, 0.15) is 23.9 Å². The Labute approximate surface area is 144 Å². The van der Waals surface area contributed by atoms with Gasteiger partial charge in [0.05, 0.1) is 10.2 Å². The smallest absolute Gasteiger partial charge is 0.223 e. The van der Waals surface area contributed by atoms with Crippen LogP contribution < -0.4 is 9.64 Å². The quantitative estimate of drug-likeness (QED) is 0.720. The third kappa shape index (κ3) is 2.87. The van der Waals surface area contributed by atoms with E-state index in [1.165, 1.54) is 10.3 Å². The average molecular weight is 338 g/mol. The summed E-state index contributed by atoms with van der Waals surface area (Å²) in [6.45, 7) is 2.88. The Bertz CT molecular complexity index is 870. The molecule has 3 aromatic rings. The highest BCUT2D eigenvalue weighted by Crippen LogP contribution is 2.31. The Balaban J connectivity index is 1.52. The molecule has 0 bridgehead atoms. The molecule has 0 atom stereocenters. The van der Waals surface area contributed by atoms with Crippen molar-refractivity contribution in [1.82, 2.24) is 4.98 Å². The number of carbonyl (C=O) groups is 1. The van der Waals surface area contributed by atoms with E-state index in [-0.39, 0.29) is 5.91 Å². The van der Waals surface area contributed by atoms with E-state index in [1.807, 2.05) is 35.2 Å². The minimum atomic E-state index is 0.0964. The molecule has 4 nitrogen and oxygen atoms in total. The van der Waals surface area contributed by atoms with Crippen molar-refractivity contribution in [3.63, 3.8) is 0 Å². The zero-order valence-corrected chi connectivity index (χ0v) is 14.3. The number of para-hydroxylation sites is 1. The van der Waals surface area contributed by atoms with Gasteiger partial charge in [0, 0.05) is 19.2 Å². The molecule has 122 valence electrons. The summed E-state index contributed by atoms with van der Waals surface area (Å²) in [6.07, 6.45) is 1.98. The highest BCUT2D eigenvalue weighted by molar-refractivity contribution is 7.18. The minimum absolute atomic E-state index is 0.0964. The summed E-state index contributed by atoms with van der Waals surface area (Å²) >= 11 is 1.66. The maximum atomic E-state index is 11.7. The molecule has 2 heterocycles. The number of fused-ring (bicyclic) bond motifs is 2. The minimum Gasteiger partial charge on any atom is -0.486 e. The van der Waals surface area contributed by atoms with Gasteiger partial charge < -0.3 is 9.64 Å². The van der Waals surface area contributed by atoms with Crippen LogP contribution in [0, 0.1) is 0 Å². The molecule has 0 saturated carbocycles. The normalized spacial score (nSPS) is 13.8. The van der Waals surface area contributed by atoms with E-state index in [4.69, 9.17) is 4.74 Å². The van der Waals surface area contributed by atoms with Crippen molar-refractivity contribution in [3.8, 4) is 5.75 Å². The third-order valence-electron chi connectivity index (χ3n) is 4.25. The van der Waals surface area contributed by atoms with Crippen LogP contribution in [0.4, 0.5) is 5.69 Å². The summed E-state index contributed by atoms with van der Waals surface area (Å²) in [6, 6.07) is 14.1. The Hall–Kier alpha value is -2.40. The van der Waals surface area contributed by atoms with Gasteiger partial charge in [-0.1, -0.05) is 12.1 Å². The average Bonchev–Trinajstić information content (AvgIpc) is 3.02. The fourth-order valence-corrected chi connectivity index (χ4v) is 4.00. The highest BCUT2D eigenvalue weighted by atomic mass is 32.1. The Morgan fingerprint density at radius 1 is 1.29 bits per heavy atom. The number of anilines is 1. The number of carbonyl (C=O) groups excluding carboxylic acids is 1. The predicted octanol–water partition coefficient (Wildman–Crippen LogP) is 4.17. The number of hydrogen-bond donors (Lipinski definition) is 0. The molecule has 0 spiro atoms. The number of rotatable bonds is 3. The molecule has 1 amide bonds. The fourth-order valence-electron chi connectivity index (χ4n) is 3.12. The second kappa shape index (κ2) is 6.24. The lowest BCUT2D eigenvalue weighted by Gasteiger charge is -2.28. The monoisotopic (exact) mass is 338 g/mol. The zero-order chi connectivity index (χ0) is 16.5. The van der Waals surface area contributed by atoms with Gasteiger partial charge in [-0.2, -0.15) is 0 Å². The Kier molecular flexibility index (Phi) is 3.94. The van der Waals surface area contributed by atoms with Crippen molar-refractivity contribution in [2.75, 3.05) is 11.4 Å². The number of benzene rings is 2. The molecule has 0 aliphatic carbocycles. The van der Waals surface area contributed by atoms with Crippen LogP contribution in [0.3, 0.4) is 0 Å². The first-order chi connectivity index (χ1) is 11.7.